The highest BCUT2D eigenvalue weighted by molar-refractivity contribution is 5.91. The maximum Gasteiger partial charge on any atom is 0.360 e. The molecule has 2 heterocycles. The predicted octanol–water partition coefficient (Wildman–Crippen LogP) is 2.54. The van der Waals surface area contributed by atoms with Gasteiger partial charge in [0, 0.05) is 13.1 Å². The third kappa shape index (κ3) is 2.77. The molecule has 1 aliphatic heterocycles. The number of rotatable bonds is 4. The molecule has 1 aliphatic rings. The van der Waals surface area contributed by atoms with Crippen LogP contribution in [-0.2, 0) is 13.0 Å². The van der Waals surface area contributed by atoms with Crippen molar-refractivity contribution < 1.29 is 14.6 Å². The summed E-state index contributed by atoms with van der Waals surface area (Å²) >= 11 is 0. The first-order valence-electron chi connectivity index (χ1n) is 8.33. The van der Waals surface area contributed by atoms with E-state index in [1.54, 1.807) is 19.2 Å². The third-order valence-corrected chi connectivity index (χ3v) is 4.53. The van der Waals surface area contributed by atoms with E-state index in [-0.39, 0.29) is 5.69 Å². The molecule has 7 heteroatoms. The van der Waals surface area contributed by atoms with Crippen LogP contribution in [0.2, 0.25) is 0 Å². The van der Waals surface area contributed by atoms with Crippen LogP contribution in [-0.4, -0.2) is 39.7 Å². The number of aromatic nitrogens is 3. The predicted molar refractivity (Wildman–Crippen MR) is 96.1 cm³/mol. The number of carboxylic acid groups (broad SMARTS) is 1. The molecule has 26 heavy (non-hydrogen) atoms. The van der Waals surface area contributed by atoms with Crippen LogP contribution < -0.4 is 9.64 Å². The van der Waals surface area contributed by atoms with Crippen molar-refractivity contribution in [2.24, 2.45) is 0 Å². The molecule has 3 aromatic rings. The van der Waals surface area contributed by atoms with Crippen molar-refractivity contribution in [3.05, 3.63) is 65.4 Å². The molecule has 0 radical (unpaired) electrons. The number of ether oxygens (including phenoxy) is 1. The summed E-state index contributed by atoms with van der Waals surface area (Å²) in [5, 5.41) is 18.3. The number of para-hydroxylation sites is 2. The molecule has 0 saturated carbocycles. The first kappa shape index (κ1) is 16.1. The van der Waals surface area contributed by atoms with Crippen molar-refractivity contribution in [1.29, 1.82) is 0 Å². The number of fused-ring (bicyclic) bond motifs is 1. The Kier molecular flexibility index (Phi) is 4.04. The van der Waals surface area contributed by atoms with Gasteiger partial charge in [0.2, 0.25) is 5.69 Å². The van der Waals surface area contributed by atoms with Gasteiger partial charge in [0.05, 0.1) is 7.11 Å². The van der Waals surface area contributed by atoms with E-state index < -0.39 is 5.97 Å². The Morgan fingerprint density at radius 2 is 1.81 bits per heavy atom. The van der Waals surface area contributed by atoms with Crippen LogP contribution in [0.1, 0.15) is 21.6 Å². The molecule has 0 atom stereocenters. The topological polar surface area (TPSA) is 80.5 Å². The minimum absolute atomic E-state index is 0.0599. The first-order valence-corrected chi connectivity index (χ1v) is 8.33. The van der Waals surface area contributed by atoms with Crippen molar-refractivity contribution in [2.45, 2.75) is 13.0 Å². The van der Waals surface area contributed by atoms with Gasteiger partial charge in [-0.1, -0.05) is 36.4 Å². The molecular weight excluding hydrogens is 332 g/mol. The fraction of sp³-hybridized carbons (Fsp3) is 0.211. The molecule has 1 N–H and O–H groups in total. The van der Waals surface area contributed by atoms with E-state index in [9.17, 15) is 9.90 Å². The molecule has 7 nitrogen and oxygen atoms in total. The van der Waals surface area contributed by atoms with Crippen LogP contribution in [0.3, 0.4) is 0 Å². The SMILES string of the molecule is COc1ccccc1-n1nc(C(=O)O)c(N2CCc3ccccc3C2)n1. The van der Waals surface area contributed by atoms with E-state index in [1.165, 1.54) is 15.9 Å². The van der Waals surface area contributed by atoms with Crippen LogP contribution in [0.15, 0.2) is 48.5 Å². The molecule has 132 valence electrons. The molecule has 0 amide bonds. The number of benzene rings is 2. The van der Waals surface area contributed by atoms with Crippen molar-refractivity contribution in [1.82, 2.24) is 15.0 Å². The van der Waals surface area contributed by atoms with Crippen LogP contribution in [0, 0.1) is 0 Å². The van der Waals surface area contributed by atoms with E-state index in [4.69, 9.17) is 4.74 Å². The molecule has 4 rings (SSSR count). The zero-order valence-corrected chi connectivity index (χ0v) is 14.3. The molecule has 0 bridgehead atoms. The van der Waals surface area contributed by atoms with Gasteiger partial charge in [-0.25, -0.2) is 4.79 Å². The Bertz CT molecular complexity index is 967. The van der Waals surface area contributed by atoms with Gasteiger partial charge in [0.1, 0.15) is 11.4 Å². The number of hydrogen-bond donors (Lipinski definition) is 1. The summed E-state index contributed by atoms with van der Waals surface area (Å²) in [7, 11) is 1.56. The minimum atomic E-state index is -1.10. The van der Waals surface area contributed by atoms with Gasteiger partial charge in [-0.15, -0.1) is 15.0 Å². The Hall–Kier alpha value is -3.35. The average Bonchev–Trinajstić information content (AvgIpc) is 3.13. The largest absolute Gasteiger partial charge is 0.494 e. The lowest BCUT2D eigenvalue weighted by Gasteiger charge is -2.28. The van der Waals surface area contributed by atoms with E-state index >= 15 is 0 Å². The number of hydrogen-bond acceptors (Lipinski definition) is 5. The Morgan fingerprint density at radius 1 is 1.08 bits per heavy atom. The monoisotopic (exact) mass is 350 g/mol. The molecule has 1 aromatic heterocycles. The third-order valence-electron chi connectivity index (χ3n) is 4.53. The summed E-state index contributed by atoms with van der Waals surface area (Å²) in [5.74, 6) is -0.145. The molecule has 0 spiro atoms. The van der Waals surface area contributed by atoms with Crippen molar-refractivity contribution in [2.75, 3.05) is 18.6 Å². The minimum Gasteiger partial charge on any atom is -0.494 e. The average molecular weight is 350 g/mol. The van der Waals surface area contributed by atoms with E-state index in [1.807, 2.05) is 29.2 Å². The number of anilines is 1. The lowest BCUT2D eigenvalue weighted by Crippen LogP contribution is -2.31. The first-order chi connectivity index (χ1) is 12.7. The zero-order valence-electron chi connectivity index (χ0n) is 14.3. The fourth-order valence-electron chi connectivity index (χ4n) is 3.23. The van der Waals surface area contributed by atoms with Crippen LogP contribution in [0.5, 0.6) is 5.75 Å². The highest BCUT2D eigenvalue weighted by atomic mass is 16.5. The lowest BCUT2D eigenvalue weighted by molar-refractivity contribution is 0.0690. The quantitative estimate of drug-likeness (QED) is 0.779. The molecule has 2 aromatic carbocycles. The number of aromatic carboxylic acids is 1. The molecule has 0 saturated heterocycles. The van der Waals surface area contributed by atoms with Gasteiger partial charge in [-0.3, -0.25) is 0 Å². The molecule has 0 aliphatic carbocycles. The summed E-state index contributed by atoms with van der Waals surface area (Å²) in [6.07, 6.45) is 0.844. The smallest absolute Gasteiger partial charge is 0.360 e. The Morgan fingerprint density at radius 3 is 2.58 bits per heavy atom. The maximum atomic E-state index is 11.7. The summed E-state index contributed by atoms with van der Waals surface area (Å²) in [6.45, 7) is 1.31. The van der Waals surface area contributed by atoms with Crippen molar-refractivity contribution in [3.63, 3.8) is 0 Å². The Balaban J connectivity index is 1.75. The van der Waals surface area contributed by atoms with Crippen molar-refractivity contribution >= 4 is 11.8 Å². The van der Waals surface area contributed by atoms with Gasteiger partial charge < -0.3 is 14.7 Å². The van der Waals surface area contributed by atoms with Gasteiger partial charge in [-0.2, -0.15) is 0 Å². The molecular formula is C19H18N4O3. The second kappa shape index (κ2) is 6.51. The second-order valence-electron chi connectivity index (χ2n) is 6.08. The highest BCUT2D eigenvalue weighted by Crippen LogP contribution is 2.27. The summed E-state index contributed by atoms with van der Waals surface area (Å²) in [6, 6.07) is 15.4. The van der Waals surface area contributed by atoms with E-state index in [2.05, 4.69) is 22.3 Å². The number of carbonyl (C=O) groups is 1. The fourth-order valence-corrected chi connectivity index (χ4v) is 3.23. The maximum absolute atomic E-state index is 11.7. The van der Waals surface area contributed by atoms with Gasteiger partial charge in [-0.05, 0) is 29.7 Å². The zero-order chi connectivity index (χ0) is 18.1. The standard InChI is InChI=1S/C19H18N4O3/c1-26-16-9-5-4-8-15(16)23-20-17(19(24)25)18(21-23)22-11-10-13-6-2-3-7-14(13)12-22/h2-9H,10-12H2,1H3,(H,24,25). The van der Waals surface area contributed by atoms with Gasteiger partial charge >= 0.3 is 5.97 Å². The van der Waals surface area contributed by atoms with Crippen LogP contribution >= 0.6 is 0 Å². The second-order valence-corrected chi connectivity index (χ2v) is 6.08. The summed E-state index contributed by atoms with van der Waals surface area (Å²) < 4.78 is 5.34. The van der Waals surface area contributed by atoms with Gasteiger partial charge in [0.25, 0.3) is 0 Å². The van der Waals surface area contributed by atoms with Crippen LogP contribution in [0.4, 0.5) is 5.82 Å². The van der Waals surface area contributed by atoms with Crippen LogP contribution in [0.25, 0.3) is 5.69 Å². The van der Waals surface area contributed by atoms with Crippen molar-refractivity contribution in [3.8, 4) is 11.4 Å². The number of nitrogens with zero attached hydrogens (tertiary/aromatic N) is 4. The normalized spacial score (nSPS) is 13.3. The lowest BCUT2D eigenvalue weighted by atomic mass is 10.00. The molecule has 0 unspecified atom stereocenters. The van der Waals surface area contributed by atoms with Gasteiger partial charge in [0.15, 0.2) is 5.82 Å². The van der Waals surface area contributed by atoms with E-state index in [0.717, 1.165) is 6.42 Å². The highest BCUT2D eigenvalue weighted by Gasteiger charge is 2.27. The Labute approximate surface area is 150 Å². The number of methoxy groups -OCH3 is 1. The number of carboxylic acids is 1. The molecule has 0 fully saturated rings. The van der Waals surface area contributed by atoms with E-state index in [0.29, 0.717) is 30.3 Å². The summed E-state index contributed by atoms with van der Waals surface area (Å²) in [5.41, 5.74) is 3.01. The summed E-state index contributed by atoms with van der Waals surface area (Å²) in [4.78, 5) is 15.0.